The van der Waals surface area contributed by atoms with Crippen molar-refractivity contribution in [3.63, 3.8) is 0 Å². The highest BCUT2D eigenvalue weighted by Crippen LogP contribution is 2.38. The summed E-state index contributed by atoms with van der Waals surface area (Å²) in [5, 5.41) is 23.1. The number of hydrogen-bond acceptors (Lipinski definition) is 4. The highest BCUT2D eigenvalue weighted by molar-refractivity contribution is 5.93. The molecule has 0 atom stereocenters. The minimum absolute atomic E-state index is 0.00458. The van der Waals surface area contributed by atoms with Crippen molar-refractivity contribution in [2.45, 2.75) is 0 Å². The van der Waals surface area contributed by atoms with Crippen molar-refractivity contribution in [3.05, 3.63) is 64.7 Å². The summed E-state index contributed by atoms with van der Waals surface area (Å²) in [5.41, 5.74) is 0.790. The maximum absolute atomic E-state index is 11.2. The van der Waals surface area contributed by atoms with E-state index in [-0.39, 0.29) is 11.4 Å². The fourth-order valence-corrected chi connectivity index (χ4v) is 2.47. The van der Waals surface area contributed by atoms with Gasteiger partial charge in [-0.2, -0.15) is 0 Å². The van der Waals surface area contributed by atoms with Crippen LogP contribution in [0.1, 0.15) is 0 Å². The lowest BCUT2D eigenvalue weighted by molar-refractivity contribution is -0.384. The molecule has 0 heterocycles. The first-order chi connectivity index (χ1) is 10.6. The second-order valence-corrected chi connectivity index (χ2v) is 4.86. The van der Waals surface area contributed by atoms with E-state index in [0.29, 0.717) is 16.9 Å². The zero-order chi connectivity index (χ0) is 15.7. The molecule has 0 bridgehead atoms. The molecule has 5 heteroatoms. The van der Waals surface area contributed by atoms with E-state index in [2.05, 4.69) is 0 Å². The van der Waals surface area contributed by atoms with Gasteiger partial charge in [0.2, 0.25) is 0 Å². The highest BCUT2D eigenvalue weighted by atomic mass is 16.6. The van der Waals surface area contributed by atoms with Crippen molar-refractivity contribution < 1.29 is 14.8 Å². The summed E-state index contributed by atoms with van der Waals surface area (Å²) in [6.07, 6.45) is 0. The van der Waals surface area contributed by atoms with Crippen LogP contribution in [0, 0.1) is 10.1 Å². The van der Waals surface area contributed by atoms with Gasteiger partial charge >= 0.3 is 0 Å². The van der Waals surface area contributed by atoms with E-state index in [1.807, 2.05) is 12.1 Å². The second-order valence-electron chi connectivity index (χ2n) is 4.86. The third-order valence-electron chi connectivity index (χ3n) is 3.55. The molecular weight excluding hydrogens is 282 g/mol. The number of nitrogens with zero attached hydrogens (tertiary/aromatic N) is 1. The Labute approximate surface area is 126 Å². The molecule has 5 nitrogen and oxygen atoms in total. The topological polar surface area (TPSA) is 72.6 Å². The van der Waals surface area contributed by atoms with Gasteiger partial charge in [0.05, 0.1) is 17.6 Å². The van der Waals surface area contributed by atoms with E-state index >= 15 is 0 Å². The average Bonchev–Trinajstić information content (AvgIpc) is 2.53. The number of nitro groups is 1. The number of fused-ring (bicyclic) bond motifs is 1. The number of rotatable bonds is 3. The molecule has 1 N–H and O–H groups in total. The van der Waals surface area contributed by atoms with Gasteiger partial charge in [-0.1, -0.05) is 18.2 Å². The van der Waals surface area contributed by atoms with E-state index in [9.17, 15) is 15.2 Å². The van der Waals surface area contributed by atoms with Crippen LogP contribution in [0.2, 0.25) is 0 Å². The van der Waals surface area contributed by atoms with E-state index in [4.69, 9.17) is 4.74 Å². The minimum atomic E-state index is -0.451. The average molecular weight is 295 g/mol. The van der Waals surface area contributed by atoms with Gasteiger partial charge in [0.25, 0.3) is 5.69 Å². The molecule has 22 heavy (non-hydrogen) atoms. The highest BCUT2D eigenvalue weighted by Gasteiger charge is 2.17. The van der Waals surface area contributed by atoms with Gasteiger partial charge in [-0.15, -0.1) is 0 Å². The molecule has 0 aliphatic heterocycles. The van der Waals surface area contributed by atoms with Crippen LogP contribution in [-0.2, 0) is 0 Å². The van der Waals surface area contributed by atoms with Gasteiger partial charge < -0.3 is 9.84 Å². The molecule has 0 spiro atoms. The molecule has 0 radical (unpaired) electrons. The maximum atomic E-state index is 11.2. The number of hydrogen-bond donors (Lipinski definition) is 1. The molecule has 0 aromatic heterocycles. The summed E-state index contributed by atoms with van der Waals surface area (Å²) in [5.74, 6) is 0.681. The van der Waals surface area contributed by atoms with Crippen LogP contribution in [0.5, 0.6) is 11.5 Å². The van der Waals surface area contributed by atoms with E-state index in [1.54, 1.807) is 43.5 Å². The number of para-hydroxylation sites is 1. The Kier molecular flexibility index (Phi) is 3.39. The predicted octanol–water partition coefficient (Wildman–Crippen LogP) is 4.13. The Hall–Kier alpha value is -3.08. The lowest BCUT2D eigenvalue weighted by atomic mass is 9.98. The van der Waals surface area contributed by atoms with Gasteiger partial charge in [0.15, 0.2) is 0 Å². The Morgan fingerprint density at radius 2 is 1.77 bits per heavy atom. The molecule has 3 aromatic carbocycles. The molecule has 0 saturated carbocycles. The molecule has 0 unspecified atom stereocenters. The molecule has 0 aliphatic rings. The zero-order valence-corrected chi connectivity index (χ0v) is 11.8. The van der Waals surface area contributed by atoms with Crippen molar-refractivity contribution >= 4 is 16.5 Å². The Balaban J connectivity index is 2.24. The number of nitro benzene ring substituents is 1. The number of aromatic hydroxyl groups is 1. The first-order valence-electron chi connectivity index (χ1n) is 6.64. The maximum Gasteiger partial charge on any atom is 0.277 e. The van der Waals surface area contributed by atoms with Crippen LogP contribution in [0.4, 0.5) is 5.69 Å². The lowest BCUT2D eigenvalue weighted by Crippen LogP contribution is -1.92. The zero-order valence-electron chi connectivity index (χ0n) is 11.8. The molecule has 3 rings (SSSR count). The fraction of sp³-hybridized carbons (Fsp3) is 0.0588. The number of phenolic OH excluding ortho intramolecular Hbond substituents is 1. The molecule has 0 saturated heterocycles. The summed E-state index contributed by atoms with van der Waals surface area (Å²) >= 11 is 0. The predicted molar refractivity (Wildman–Crippen MR) is 84.3 cm³/mol. The first-order valence-corrected chi connectivity index (χ1v) is 6.64. The Morgan fingerprint density at radius 1 is 1.00 bits per heavy atom. The number of ether oxygens (including phenoxy) is 1. The van der Waals surface area contributed by atoms with E-state index in [0.717, 1.165) is 10.8 Å². The van der Waals surface area contributed by atoms with E-state index < -0.39 is 4.92 Å². The summed E-state index contributed by atoms with van der Waals surface area (Å²) < 4.78 is 5.16. The fourth-order valence-electron chi connectivity index (χ4n) is 2.47. The molecule has 0 fully saturated rings. The van der Waals surface area contributed by atoms with Gasteiger partial charge in [0, 0.05) is 11.6 Å². The third-order valence-corrected chi connectivity index (χ3v) is 3.55. The van der Waals surface area contributed by atoms with Crippen LogP contribution in [-0.4, -0.2) is 17.1 Å². The summed E-state index contributed by atoms with van der Waals surface area (Å²) in [6, 6.07) is 15.2. The Bertz CT molecular complexity index is 874. The standard InChI is InChI=1S/C17H13NO4/c1-22-13-7-6-11-9-15(17(19)10-12(11)8-13)14-4-2-3-5-16(14)18(20)21/h2-10,19H,1H3. The van der Waals surface area contributed by atoms with Crippen LogP contribution in [0.3, 0.4) is 0 Å². The molecule has 0 amide bonds. The largest absolute Gasteiger partial charge is 0.507 e. The summed E-state index contributed by atoms with van der Waals surface area (Å²) in [4.78, 5) is 10.7. The third kappa shape index (κ3) is 2.33. The number of benzene rings is 3. The molecule has 3 aromatic rings. The van der Waals surface area contributed by atoms with E-state index in [1.165, 1.54) is 6.07 Å². The van der Waals surface area contributed by atoms with Crippen molar-refractivity contribution in [1.82, 2.24) is 0 Å². The van der Waals surface area contributed by atoms with Crippen LogP contribution >= 0.6 is 0 Å². The van der Waals surface area contributed by atoms with Crippen molar-refractivity contribution in [2.75, 3.05) is 7.11 Å². The lowest BCUT2D eigenvalue weighted by Gasteiger charge is -2.09. The smallest absolute Gasteiger partial charge is 0.277 e. The van der Waals surface area contributed by atoms with Crippen LogP contribution in [0.15, 0.2) is 54.6 Å². The second kappa shape index (κ2) is 5.37. The summed E-state index contributed by atoms with van der Waals surface area (Å²) in [7, 11) is 1.57. The van der Waals surface area contributed by atoms with Gasteiger partial charge in [-0.05, 0) is 41.1 Å². The number of phenols is 1. The van der Waals surface area contributed by atoms with Crippen molar-refractivity contribution in [3.8, 4) is 22.6 Å². The molecule has 110 valence electrons. The van der Waals surface area contributed by atoms with Gasteiger partial charge in [0.1, 0.15) is 11.5 Å². The van der Waals surface area contributed by atoms with Crippen LogP contribution in [0.25, 0.3) is 21.9 Å². The van der Waals surface area contributed by atoms with Crippen molar-refractivity contribution in [2.24, 2.45) is 0 Å². The quantitative estimate of drug-likeness (QED) is 0.582. The normalized spacial score (nSPS) is 10.6. The van der Waals surface area contributed by atoms with Crippen LogP contribution < -0.4 is 4.74 Å². The summed E-state index contributed by atoms with van der Waals surface area (Å²) in [6.45, 7) is 0. The van der Waals surface area contributed by atoms with Gasteiger partial charge in [-0.25, -0.2) is 0 Å². The van der Waals surface area contributed by atoms with Crippen molar-refractivity contribution in [1.29, 1.82) is 0 Å². The SMILES string of the molecule is COc1ccc2cc(-c3ccccc3[N+](=O)[O-])c(O)cc2c1. The monoisotopic (exact) mass is 295 g/mol. The molecular formula is C17H13NO4. The van der Waals surface area contributed by atoms with Gasteiger partial charge in [-0.3, -0.25) is 10.1 Å². The molecule has 0 aliphatic carbocycles. The Morgan fingerprint density at radius 3 is 2.50 bits per heavy atom. The minimum Gasteiger partial charge on any atom is -0.507 e. The number of methoxy groups -OCH3 is 1. The first kappa shape index (κ1) is 13.9.